The number of nitrogens with zero attached hydrogens (tertiary/aromatic N) is 1. The van der Waals surface area contributed by atoms with E-state index in [4.69, 9.17) is 9.47 Å². The Morgan fingerprint density at radius 2 is 1.69 bits per heavy atom. The number of hydrogen-bond donors (Lipinski definition) is 1. The monoisotopic (exact) mass is 356 g/mol. The van der Waals surface area contributed by atoms with Gasteiger partial charge in [-0.05, 0) is 37.1 Å². The summed E-state index contributed by atoms with van der Waals surface area (Å²) >= 11 is 0. The number of anilines is 2. The van der Waals surface area contributed by atoms with E-state index in [1.165, 1.54) is 18.9 Å². The van der Waals surface area contributed by atoms with Gasteiger partial charge >= 0.3 is 0 Å². The number of para-hydroxylation sites is 1. The molecule has 0 aliphatic rings. The molecule has 0 saturated carbocycles. The van der Waals surface area contributed by atoms with E-state index in [1.807, 2.05) is 32.0 Å². The average molecular weight is 356 g/mol. The highest BCUT2D eigenvalue weighted by Crippen LogP contribution is 2.29. The topological polar surface area (TPSA) is 67.9 Å². The van der Waals surface area contributed by atoms with Gasteiger partial charge in [-0.1, -0.05) is 18.2 Å². The van der Waals surface area contributed by atoms with Crippen LogP contribution in [-0.4, -0.2) is 32.6 Å². The Bertz CT molecular complexity index is 797. The molecule has 1 N–H and O–H groups in total. The van der Waals surface area contributed by atoms with Crippen molar-refractivity contribution in [1.82, 2.24) is 0 Å². The fourth-order valence-corrected chi connectivity index (χ4v) is 2.81. The van der Waals surface area contributed by atoms with Gasteiger partial charge < -0.3 is 19.7 Å². The van der Waals surface area contributed by atoms with Gasteiger partial charge in [0.1, 0.15) is 18.0 Å². The molecular weight excluding hydrogens is 332 g/mol. The molecule has 0 unspecified atom stereocenters. The summed E-state index contributed by atoms with van der Waals surface area (Å²) in [5.74, 6) is 0.602. The maximum absolute atomic E-state index is 12.6. The van der Waals surface area contributed by atoms with Crippen molar-refractivity contribution >= 4 is 23.2 Å². The van der Waals surface area contributed by atoms with E-state index in [1.54, 1.807) is 25.3 Å². The highest BCUT2D eigenvalue weighted by Gasteiger charge is 2.20. The number of benzene rings is 2. The van der Waals surface area contributed by atoms with Gasteiger partial charge in [-0.25, -0.2) is 0 Å². The summed E-state index contributed by atoms with van der Waals surface area (Å²) in [6.07, 6.45) is 0. The van der Waals surface area contributed by atoms with E-state index < -0.39 is 0 Å². The minimum atomic E-state index is -0.314. The molecule has 0 heterocycles. The number of carbonyl (C=O) groups excluding carboxylic acids is 2. The van der Waals surface area contributed by atoms with Gasteiger partial charge in [0.15, 0.2) is 0 Å². The minimum Gasteiger partial charge on any atom is -0.497 e. The Balaban J connectivity index is 2.23. The quantitative estimate of drug-likeness (QED) is 0.862. The molecule has 0 saturated heterocycles. The van der Waals surface area contributed by atoms with Gasteiger partial charge in [0, 0.05) is 13.0 Å². The Morgan fingerprint density at radius 1 is 1.04 bits per heavy atom. The minimum absolute atomic E-state index is 0.0871. The second-order valence-electron chi connectivity index (χ2n) is 5.96. The van der Waals surface area contributed by atoms with Crippen molar-refractivity contribution in [1.29, 1.82) is 0 Å². The standard InChI is InChI=1S/C20H24N2O4/c1-13-7-6-8-14(2)20(13)22(15(3)23)12-19(24)21-17-10-9-16(25-4)11-18(17)26-5/h6-11H,12H2,1-5H3,(H,21,24). The first kappa shape index (κ1) is 19.3. The van der Waals surface area contributed by atoms with Crippen LogP contribution in [0.1, 0.15) is 18.1 Å². The van der Waals surface area contributed by atoms with Gasteiger partial charge in [0.25, 0.3) is 0 Å². The summed E-state index contributed by atoms with van der Waals surface area (Å²) in [5.41, 5.74) is 3.16. The summed E-state index contributed by atoms with van der Waals surface area (Å²) in [4.78, 5) is 26.2. The lowest BCUT2D eigenvalue weighted by molar-refractivity contribution is -0.120. The number of amides is 2. The van der Waals surface area contributed by atoms with Gasteiger partial charge in [-0.3, -0.25) is 9.59 Å². The third kappa shape index (κ3) is 4.33. The highest BCUT2D eigenvalue weighted by atomic mass is 16.5. The second-order valence-corrected chi connectivity index (χ2v) is 5.96. The number of methoxy groups -OCH3 is 2. The van der Waals surface area contributed by atoms with Crippen molar-refractivity contribution in [2.24, 2.45) is 0 Å². The molecule has 0 fully saturated rings. The van der Waals surface area contributed by atoms with Crippen LogP contribution in [0.4, 0.5) is 11.4 Å². The maximum atomic E-state index is 12.6. The molecule has 2 rings (SSSR count). The second kappa shape index (κ2) is 8.38. The molecule has 138 valence electrons. The average Bonchev–Trinajstić information content (AvgIpc) is 2.60. The van der Waals surface area contributed by atoms with Crippen LogP contribution in [0.5, 0.6) is 11.5 Å². The molecule has 6 heteroatoms. The zero-order chi connectivity index (χ0) is 19.3. The molecule has 0 radical (unpaired) electrons. The predicted molar refractivity (Wildman–Crippen MR) is 102 cm³/mol. The van der Waals surface area contributed by atoms with Gasteiger partial charge in [0.2, 0.25) is 11.8 Å². The summed E-state index contributed by atoms with van der Waals surface area (Å²) in [5, 5.41) is 2.79. The molecule has 0 atom stereocenters. The van der Waals surface area contributed by atoms with E-state index >= 15 is 0 Å². The van der Waals surface area contributed by atoms with Crippen LogP contribution in [0.2, 0.25) is 0 Å². The highest BCUT2D eigenvalue weighted by molar-refractivity contribution is 6.03. The Hall–Kier alpha value is -3.02. The van der Waals surface area contributed by atoms with Crippen molar-refractivity contribution in [3.05, 3.63) is 47.5 Å². The SMILES string of the molecule is COc1ccc(NC(=O)CN(C(C)=O)c2c(C)cccc2C)c(OC)c1. The zero-order valence-corrected chi connectivity index (χ0v) is 15.8. The Kier molecular flexibility index (Phi) is 6.22. The first-order chi connectivity index (χ1) is 12.4. The van der Waals surface area contributed by atoms with E-state index in [2.05, 4.69) is 5.32 Å². The molecule has 0 aromatic heterocycles. The fourth-order valence-electron chi connectivity index (χ4n) is 2.81. The zero-order valence-electron chi connectivity index (χ0n) is 15.8. The van der Waals surface area contributed by atoms with Gasteiger partial charge in [-0.15, -0.1) is 0 Å². The van der Waals surface area contributed by atoms with Crippen LogP contribution in [0.3, 0.4) is 0 Å². The van der Waals surface area contributed by atoms with Crippen LogP contribution in [0, 0.1) is 13.8 Å². The Morgan fingerprint density at radius 3 is 2.23 bits per heavy atom. The van der Waals surface area contributed by atoms with E-state index in [0.717, 1.165) is 16.8 Å². The summed E-state index contributed by atoms with van der Waals surface area (Å²) in [6, 6.07) is 10.9. The van der Waals surface area contributed by atoms with Crippen molar-refractivity contribution in [2.45, 2.75) is 20.8 Å². The predicted octanol–water partition coefficient (Wildman–Crippen LogP) is 3.31. The van der Waals surface area contributed by atoms with Crippen molar-refractivity contribution in [3.63, 3.8) is 0 Å². The fraction of sp³-hybridized carbons (Fsp3) is 0.300. The summed E-state index contributed by atoms with van der Waals surface area (Å²) in [6.45, 7) is 5.20. The van der Waals surface area contributed by atoms with E-state index in [9.17, 15) is 9.59 Å². The van der Waals surface area contributed by atoms with Crippen LogP contribution >= 0.6 is 0 Å². The van der Waals surface area contributed by atoms with Crippen molar-refractivity contribution in [3.8, 4) is 11.5 Å². The van der Waals surface area contributed by atoms with Gasteiger partial charge in [0.05, 0.1) is 25.6 Å². The van der Waals surface area contributed by atoms with Gasteiger partial charge in [-0.2, -0.15) is 0 Å². The maximum Gasteiger partial charge on any atom is 0.244 e. The molecule has 2 aromatic carbocycles. The first-order valence-electron chi connectivity index (χ1n) is 8.23. The number of ether oxygens (including phenoxy) is 2. The summed E-state index contributed by atoms with van der Waals surface area (Å²) < 4.78 is 10.4. The number of hydrogen-bond acceptors (Lipinski definition) is 4. The third-order valence-electron chi connectivity index (χ3n) is 4.07. The molecule has 2 aromatic rings. The van der Waals surface area contributed by atoms with E-state index in [-0.39, 0.29) is 18.4 Å². The molecule has 6 nitrogen and oxygen atoms in total. The molecule has 0 spiro atoms. The number of aryl methyl sites for hydroxylation is 2. The van der Waals surface area contributed by atoms with E-state index in [0.29, 0.717) is 17.2 Å². The number of rotatable bonds is 6. The first-order valence-corrected chi connectivity index (χ1v) is 8.23. The smallest absolute Gasteiger partial charge is 0.244 e. The van der Waals surface area contributed by atoms with Crippen LogP contribution < -0.4 is 19.7 Å². The van der Waals surface area contributed by atoms with Crippen LogP contribution in [0.25, 0.3) is 0 Å². The third-order valence-corrected chi connectivity index (χ3v) is 4.07. The van der Waals surface area contributed by atoms with Crippen molar-refractivity contribution in [2.75, 3.05) is 31.0 Å². The molecule has 0 aliphatic heterocycles. The lowest BCUT2D eigenvalue weighted by Gasteiger charge is -2.24. The summed E-state index contributed by atoms with van der Waals surface area (Å²) in [7, 11) is 3.07. The normalized spacial score (nSPS) is 10.2. The number of carbonyl (C=O) groups is 2. The Labute approximate surface area is 153 Å². The lowest BCUT2D eigenvalue weighted by atomic mass is 10.1. The molecule has 0 aliphatic carbocycles. The van der Waals surface area contributed by atoms with Crippen molar-refractivity contribution < 1.29 is 19.1 Å². The largest absolute Gasteiger partial charge is 0.497 e. The molecule has 2 amide bonds. The molecule has 26 heavy (non-hydrogen) atoms. The molecular formula is C20H24N2O4. The van der Waals surface area contributed by atoms with Crippen LogP contribution in [-0.2, 0) is 9.59 Å². The van der Waals surface area contributed by atoms with Crippen LogP contribution in [0.15, 0.2) is 36.4 Å². The lowest BCUT2D eigenvalue weighted by Crippen LogP contribution is -2.37. The molecule has 0 bridgehead atoms. The number of nitrogens with one attached hydrogen (secondary N) is 1.